The van der Waals surface area contributed by atoms with Crippen molar-refractivity contribution in [3.8, 4) is 0 Å². The smallest absolute Gasteiger partial charge is 0.416 e. The van der Waals surface area contributed by atoms with E-state index < -0.39 is 51.4 Å². The number of ether oxygens (including phenoxy) is 2. The third-order valence-electron chi connectivity index (χ3n) is 9.16. The summed E-state index contributed by atoms with van der Waals surface area (Å²) >= 11 is 0. The molecule has 5 heterocycles. The van der Waals surface area contributed by atoms with Gasteiger partial charge in [0.25, 0.3) is 0 Å². The fourth-order valence-corrected chi connectivity index (χ4v) is 6.46. The van der Waals surface area contributed by atoms with E-state index in [4.69, 9.17) is 24.4 Å². The van der Waals surface area contributed by atoms with Crippen molar-refractivity contribution >= 4 is 40.4 Å². The van der Waals surface area contributed by atoms with Crippen LogP contribution in [0.5, 0.6) is 0 Å². The first kappa shape index (κ1) is 34.4. The van der Waals surface area contributed by atoms with Crippen molar-refractivity contribution in [3.63, 3.8) is 0 Å². The van der Waals surface area contributed by atoms with Gasteiger partial charge in [0.05, 0.1) is 42.9 Å². The van der Waals surface area contributed by atoms with Crippen LogP contribution in [0, 0.1) is 11.6 Å². The fourth-order valence-electron chi connectivity index (χ4n) is 6.46. The van der Waals surface area contributed by atoms with Crippen LogP contribution in [0.15, 0.2) is 41.3 Å². The van der Waals surface area contributed by atoms with E-state index in [1.54, 1.807) is 0 Å². The highest BCUT2D eigenvalue weighted by Gasteiger charge is 2.31. The molecule has 0 radical (unpaired) electrons. The Bertz CT molecular complexity index is 1960. The molecule has 18 heteroatoms. The third-order valence-corrected chi connectivity index (χ3v) is 9.16. The Morgan fingerprint density at radius 3 is 1.75 bits per heavy atom. The maximum absolute atomic E-state index is 16.5. The standard InChI is InChI=1S/C33H33F5N8O5/c34-24-17-22-26(46(19-23(28(22)47)29(48)49)18-20-1-3-21(4-2-20)33(36,37)38)25(35)27(24)42-5-7-43(8-6-42)30-39-31(44-9-13-50-14-10-44)41-32(40-30)45-11-15-51-16-12-45/h1-4,17,19H,5-16,18H2,(H,48,49). The lowest BCUT2D eigenvalue weighted by atomic mass is 10.1. The molecule has 1 N–H and O–H groups in total. The zero-order chi connectivity index (χ0) is 35.9. The van der Waals surface area contributed by atoms with Crippen LogP contribution in [0.3, 0.4) is 0 Å². The second-order valence-electron chi connectivity index (χ2n) is 12.3. The summed E-state index contributed by atoms with van der Waals surface area (Å²) in [6, 6.07) is 4.85. The zero-order valence-electron chi connectivity index (χ0n) is 27.2. The van der Waals surface area contributed by atoms with E-state index in [2.05, 4.69) is 0 Å². The fraction of sp³-hybridized carbons (Fsp3) is 0.424. The summed E-state index contributed by atoms with van der Waals surface area (Å²) in [5.74, 6) is -2.34. The molecule has 0 amide bonds. The molecular formula is C33H33F5N8O5. The lowest BCUT2D eigenvalue weighted by molar-refractivity contribution is -0.137. The Kier molecular flexibility index (Phi) is 9.36. The first-order valence-electron chi connectivity index (χ1n) is 16.3. The molecule has 0 bridgehead atoms. The molecule has 270 valence electrons. The maximum Gasteiger partial charge on any atom is 0.416 e. The van der Waals surface area contributed by atoms with Crippen molar-refractivity contribution in [2.45, 2.75) is 12.7 Å². The molecule has 0 spiro atoms. The number of piperazine rings is 1. The van der Waals surface area contributed by atoms with Crippen LogP contribution in [-0.2, 0) is 22.2 Å². The third kappa shape index (κ3) is 6.97. The van der Waals surface area contributed by atoms with E-state index in [-0.39, 0.29) is 43.8 Å². The van der Waals surface area contributed by atoms with Crippen LogP contribution in [0.4, 0.5) is 45.5 Å². The maximum atomic E-state index is 16.5. The van der Waals surface area contributed by atoms with Gasteiger partial charge in [-0.25, -0.2) is 13.6 Å². The summed E-state index contributed by atoms with van der Waals surface area (Å²) in [4.78, 5) is 46.7. The minimum Gasteiger partial charge on any atom is -0.477 e. The Balaban J connectivity index is 1.20. The molecule has 4 aromatic rings. The van der Waals surface area contributed by atoms with Gasteiger partial charge in [-0.15, -0.1) is 0 Å². The number of morpholine rings is 2. The molecule has 0 unspecified atom stereocenters. The number of halogens is 5. The van der Waals surface area contributed by atoms with Gasteiger partial charge in [0.15, 0.2) is 5.82 Å². The Morgan fingerprint density at radius 1 is 0.765 bits per heavy atom. The number of pyridine rings is 1. The Hall–Kier alpha value is -5.10. The highest BCUT2D eigenvalue weighted by molar-refractivity contribution is 5.94. The summed E-state index contributed by atoms with van der Waals surface area (Å²) in [5, 5.41) is 9.17. The number of carbonyl (C=O) groups is 1. The minimum atomic E-state index is -4.58. The van der Waals surface area contributed by atoms with Crippen molar-refractivity contribution in [1.82, 2.24) is 19.5 Å². The molecule has 0 aliphatic carbocycles. The quantitative estimate of drug-likeness (QED) is 0.282. The molecule has 3 aliphatic rings. The van der Waals surface area contributed by atoms with E-state index in [0.29, 0.717) is 70.5 Å². The van der Waals surface area contributed by atoms with Crippen LogP contribution in [0.1, 0.15) is 21.5 Å². The van der Waals surface area contributed by atoms with Gasteiger partial charge in [0, 0.05) is 65.1 Å². The topological polar surface area (TPSA) is 129 Å². The molecule has 13 nitrogen and oxygen atoms in total. The molecule has 0 atom stereocenters. The molecule has 2 aromatic carbocycles. The molecule has 3 fully saturated rings. The lowest BCUT2D eigenvalue weighted by Gasteiger charge is -2.37. The number of fused-ring (bicyclic) bond motifs is 1. The van der Waals surface area contributed by atoms with Crippen LogP contribution in [0.2, 0.25) is 0 Å². The van der Waals surface area contributed by atoms with Gasteiger partial charge in [-0.3, -0.25) is 4.79 Å². The molecule has 0 saturated carbocycles. The number of carboxylic acids is 1. The van der Waals surface area contributed by atoms with Crippen LogP contribution < -0.4 is 25.0 Å². The number of benzene rings is 2. The minimum absolute atomic E-state index is 0.140. The van der Waals surface area contributed by atoms with Crippen molar-refractivity contribution in [3.05, 3.63) is 75.1 Å². The van der Waals surface area contributed by atoms with Crippen molar-refractivity contribution in [1.29, 1.82) is 0 Å². The van der Waals surface area contributed by atoms with E-state index in [1.165, 1.54) is 17.0 Å². The van der Waals surface area contributed by atoms with Crippen LogP contribution >= 0.6 is 0 Å². The normalized spacial score (nSPS) is 17.4. The van der Waals surface area contributed by atoms with Crippen molar-refractivity contribution in [2.75, 3.05) is 98.4 Å². The number of aromatic nitrogens is 4. The van der Waals surface area contributed by atoms with E-state index in [1.807, 2.05) is 14.7 Å². The number of aromatic carboxylic acids is 1. The summed E-state index contributed by atoms with van der Waals surface area (Å²) in [5.41, 5.74) is -3.23. The molecule has 3 saturated heterocycles. The van der Waals surface area contributed by atoms with Crippen molar-refractivity contribution < 1.29 is 41.3 Å². The number of nitrogens with zero attached hydrogens (tertiary/aromatic N) is 8. The molecule has 51 heavy (non-hydrogen) atoms. The van der Waals surface area contributed by atoms with E-state index in [9.17, 15) is 27.9 Å². The molecule has 2 aromatic heterocycles. The van der Waals surface area contributed by atoms with Gasteiger partial charge in [0.1, 0.15) is 17.1 Å². The average Bonchev–Trinajstić information content (AvgIpc) is 3.13. The summed E-state index contributed by atoms with van der Waals surface area (Å²) in [7, 11) is 0. The number of alkyl halides is 3. The Labute approximate surface area is 287 Å². The number of anilines is 4. The number of hydrogen-bond donors (Lipinski definition) is 1. The summed E-state index contributed by atoms with van der Waals surface area (Å²) in [6.45, 7) is 5.12. The highest BCUT2D eigenvalue weighted by atomic mass is 19.4. The second kappa shape index (κ2) is 13.9. The monoisotopic (exact) mass is 716 g/mol. The first-order valence-corrected chi connectivity index (χ1v) is 16.3. The predicted octanol–water partition coefficient (Wildman–Crippen LogP) is 3.23. The summed E-state index contributed by atoms with van der Waals surface area (Å²) in [6.07, 6.45) is -3.66. The van der Waals surface area contributed by atoms with E-state index >= 15 is 8.78 Å². The number of carboxylic acid groups (broad SMARTS) is 1. The largest absolute Gasteiger partial charge is 0.477 e. The Morgan fingerprint density at radius 2 is 1.25 bits per heavy atom. The van der Waals surface area contributed by atoms with Crippen LogP contribution in [0.25, 0.3) is 10.9 Å². The number of rotatable bonds is 7. The zero-order valence-corrected chi connectivity index (χ0v) is 27.2. The molecule has 3 aliphatic heterocycles. The molecular weight excluding hydrogens is 683 g/mol. The predicted molar refractivity (Wildman–Crippen MR) is 176 cm³/mol. The van der Waals surface area contributed by atoms with Gasteiger partial charge in [-0.2, -0.15) is 28.1 Å². The molecule has 7 rings (SSSR count). The lowest BCUT2D eigenvalue weighted by Crippen LogP contribution is -2.48. The van der Waals surface area contributed by atoms with Crippen LogP contribution in [-0.4, -0.2) is 109 Å². The second-order valence-corrected chi connectivity index (χ2v) is 12.3. The van der Waals surface area contributed by atoms with Crippen molar-refractivity contribution in [2.24, 2.45) is 0 Å². The van der Waals surface area contributed by atoms with E-state index in [0.717, 1.165) is 29.0 Å². The van der Waals surface area contributed by atoms with Gasteiger partial charge in [-0.1, -0.05) is 12.1 Å². The SMILES string of the molecule is O=C(O)c1cn(Cc2ccc(C(F)(F)F)cc2)c2c(F)c(N3CCN(c4nc(N5CCOCC5)nc(N5CCOCC5)n4)CC3)c(F)cc2c1=O. The van der Waals surface area contributed by atoms with Gasteiger partial charge in [-0.05, 0) is 23.8 Å². The first-order chi connectivity index (χ1) is 24.5. The van der Waals surface area contributed by atoms with Gasteiger partial charge in [0.2, 0.25) is 23.3 Å². The highest BCUT2D eigenvalue weighted by Crippen LogP contribution is 2.33. The van der Waals surface area contributed by atoms with Gasteiger partial charge < -0.3 is 38.7 Å². The van der Waals surface area contributed by atoms with Gasteiger partial charge >= 0.3 is 12.1 Å². The average molecular weight is 717 g/mol. The number of hydrogen-bond acceptors (Lipinski definition) is 11. The summed E-state index contributed by atoms with van der Waals surface area (Å²) < 4.78 is 83.8.